The Bertz CT molecular complexity index is 753. The molecule has 2 fully saturated rings. The van der Waals surface area contributed by atoms with E-state index in [9.17, 15) is 14.4 Å². The molecule has 1 aromatic carbocycles. The number of ether oxygens (including phenoxy) is 2. The van der Waals surface area contributed by atoms with Crippen LogP contribution in [0.15, 0.2) is 18.2 Å². The van der Waals surface area contributed by atoms with Crippen molar-refractivity contribution in [1.29, 1.82) is 0 Å². The summed E-state index contributed by atoms with van der Waals surface area (Å²) in [5.41, 5.74) is 1.45. The van der Waals surface area contributed by atoms with Crippen LogP contribution < -0.4 is 15.7 Å². The fourth-order valence-electron chi connectivity index (χ4n) is 4.84. The molecule has 3 aliphatic rings. The zero-order valence-electron chi connectivity index (χ0n) is 18.1. The van der Waals surface area contributed by atoms with Crippen molar-refractivity contribution < 1.29 is 23.7 Å². The minimum Gasteiger partial charge on any atom is -0.627 e. The topological polar surface area (TPSA) is 90.3 Å². The maximum atomic E-state index is 13.6. The number of likely N-dealkylation sites (N-methyl/N-ethyl adjacent to an activating group) is 1. The molecule has 9 heteroatoms. The molecule has 172 valence electrons. The number of fused-ring (bicyclic) bond motifs is 1. The summed E-state index contributed by atoms with van der Waals surface area (Å²) in [4.78, 5) is 14.2. The molecule has 1 amide bonds. The first-order valence-electron chi connectivity index (χ1n) is 11.4. The number of hydroxylamine groups is 1. The Hall–Kier alpha value is -1.62. The second-order valence-corrected chi connectivity index (χ2v) is 8.57. The van der Waals surface area contributed by atoms with Crippen LogP contribution in [0.3, 0.4) is 0 Å². The summed E-state index contributed by atoms with van der Waals surface area (Å²) in [6.45, 7) is 5.40. The van der Waals surface area contributed by atoms with E-state index in [4.69, 9.17) is 9.47 Å². The number of nitrogens with zero attached hydrogens (tertiary/aromatic N) is 1. The van der Waals surface area contributed by atoms with Crippen molar-refractivity contribution in [3.05, 3.63) is 34.8 Å². The van der Waals surface area contributed by atoms with Crippen LogP contribution in [0.2, 0.25) is 0 Å². The zero-order chi connectivity index (χ0) is 21.8. The Morgan fingerprint density at radius 3 is 2.65 bits per heavy atom. The van der Waals surface area contributed by atoms with Gasteiger partial charge in [0.2, 0.25) is 5.91 Å². The lowest BCUT2D eigenvalue weighted by molar-refractivity contribution is -0.854. The fourth-order valence-corrected chi connectivity index (χ4v) is 4.84. The first kappa shape index (κ1) is 22.6. The molecule has 1 aliphatic carbocycles. The number of carbonyl (C=O) groups excluding carboxylic acids is 1. The highest BCUT2D eigenvalue weighted by atomic mass is 19.1. The van der Waals surface area contributed by atoms with Gasteiger partial charge in [-0.25, -0.2) is 9.29 Å². The summed E-state index contributed by atoms with van der Waals surface area (Å²) >= 11 is 0. The molecule has 0 spiro atoms. The highest BCUT2D eigenvalue weighted by Gasteiger charge is 2.39. The van der Waals surface area contributed by atoms with Crippen LogP contribution in [0.5, 0.6) is 0 Å². The van der Waals surface area contributed by atoms with Crippen molar-refractivity contribution >= 4 is 11.6 Å². The molecule has 8 nitrogen and oxygen atoms in total. The van der Waals surface area contributed by atoms with Crippen molar-refractivity contribution in [3.8, 4) is 0 Å². The molecule has 2 aliphatic heterocycles. The Balaban J connectivity index is 1.16. The molecular formula is C22H33FN4O4. The molecule has 3 N–H and O–H groups in total. The second kappa shape index (κ2) is 10.3. The Labute approximate surface area is 182 Å². The van der Waals surface area contributed by atoms with Crippen LogP contribution in [0.25, 0.3) is 0 Å². The molecule has 0 radical (unpaired) electrons. The van der Waals surface area contributed by atoms with Gasteiger partial charge in [-0.05, 0) is 37.8 Å². The third kappa shape index (κ3) is 5.42. The molecule has 1 saturated heterocycles. The van der Waals surface area contributed by atoms with Crippen LogP contribution in [-0.4, -0.2) is 62.0 Å². The number of rotatable bonds is 9. The van der Waals surface area contributed by atoms with E-state index < -0.39 is 6.29 Å². The number of nitrogens with one attached hydrogen (secondary N) is 3. The van der Waals surface area contributed by atoms with Crippen LogP contribution in [0.4, 0.5) is 10.1 Å². The maximum Gasteiger partial charge on any atom is 0.225 e. The molecule has 2 unspecified atom stereocenters. The second-order valence-electron chi connectivity index (χ2n) is 8.57. The molecule has 0 bridgehead atoms. The minimum absolute atomic E-state index is 0.0104. The number of carbonyl (C=O) groups is 1. The fraction of sp³-hybridized carbons (Fsp3) is 0.682. The first-order chi connectivity index (χ1) is 15.0. The molecule has 4 rings (SSSR count). The number of hydrogen-bond acceptors (Lipinski definition) is 6. The lowest BCUT2D eigenvalue weighted by atomic mass is 9.91. The lowest BCUT2D eigenvalue weighted by Crippen LogP contribution is -3.09. The van der Waals surface area contributed by atoms with E-state index in [0.29, 0.717) is 24.9 Å². The van der Waals surface area contributed by atoms with Gasteiger partial charge in [0.25, 0.3) is 0 Å². The van der Waals surface area contributed by atoms with Gasteiger partial charge < -0.3 is 30.4 Å². The molecule has 31 heavy (non-hydrogen) atoms. The zero-order valence-corrected chi connectivity index (χ0v) is 18.1. The average molecular weight is 437 g/mol. The van der Waals surface area contributed by atoms with Gasteiger partial charge in [0, 0.05) is 37.8 Å². The largest absolute Gasteiger partial charge is 0.627 e. The minimum atomic E-state index is -0.398. The highest BCUT2D eigenvalue weighted by molar-refractivity contribution is 5.76. The van der Waals surface area contributed by atoms with E-state index in [1.165, 1.54) is 12.1 Å². The predicted octanol–water partition coefficient (Wildman–Crippen LogP) is 0.954. The summed E-state index contributed by atoms with van der Waals surface area (Å²) in [6.07, 6.45) is 3.44. The molecule has 2 atom stereocenters. The van der Waals surface area contributed by atoms with E-state index >= 15 is 0 Å². The first-order valence-corrected chi connectivity index (χ1v) is 11.4. The number of benzene rings is 1. The van der Waals surface area contributed by atoms with Gasteiger partial charge in [0.15, 0.2) is 12.5 Å². The molecule has 1 aromatic rings. The van der Waals surface area contributed by atoms with E-state index in [1.54, 1.807) is 6.07 Å². The van der Waals surface area contributed by atoms with Gasteiger partial charge in [0.05, 0.1) is 25.2 Å². The van der Waals surface area contributed by atoms with Crippen molar-refractivity contribution in [2.75, 3.05) is 32.8 Å². The standard InChI is InChI=1S/C22H33FN4O4/c1-2-26(22-18-13-15(23)3-8-19(18)27(22)29)10-9-24-16-4-6-17(7-5-16)25-20(28)14-21-30-11-12-31-21/h3,8,13,16-17,21-22,24,27H,2,4-7,9-12,14H2,1H3,(H,25,28). The van der Waals surface area contributed by atoms with E-state index in [2.05, 4.69) is 15.5 Å². The molecular weight excluding hydrogens is 403 g/mol. The maximum absolute atomic E-state index is 13.6. The monoisotopic (exact) mass is 436 g/mol. The van der Waals surface area contributed by atoms with Crippen molar-refractivity contribution in [1.82, 2.24) is 15.5 Å². The van der Waals surface area contributed by atoms with E-state index in [1.807, 2.05) is 6.92 Å². The van der Waals surface area contributed by atoms with Gasteiger partial charge >= 0.3 is 0 Å². The molecule has 2 heterocycles. The summed E-state index contributed by atoms with van der Waals surface area (Å²) in [7, 11) is 0. The lowest BCUT2D eigenvalue weighted by Gasteiger charge is -2.46. The van der Waals surface area contributed by atoms with Crippen LogP contribution in [-0.2, 0) is 14.3 Å². The Morgan fingerprint density at radius 1 is 1.23 bits per heavy atom. The van der Waals surface area contributed by atoms with Crippen LogP contribution in [0.1, 0.15) is 50.8 Å². The third-order valence-electron chi connectivity index (χ3n) is 6.56. The molecule has 0 aromatic heterocycles. The van der Waals surface area contributed by atoms with Gasteiger partial charge in [-0.15, -0.1) is 0 Å². The van der Waals surface area contributed by atoms with E-state index in [-0.39, 0.29) is 35.4 Å². The third-order valence-corrected chi connectivity index (χ3v) is 6.56. The number of amides is 1. The number of halogens is 1. The van der Waals surface area contributed by atoms with Gasteiger partial charge in [-0.1, -0.05) is 6.92 Å². The number of quaternary nitrogens is 1. The summed E-state index contributed by atoms with van der Waals surface area (Å²) in [5, 5.41) is 19.2. The highest BCUT2D eigenvalue weighted by Crippen LogP contribution is 2.31. The van der Waals surface area contributed by atoms with Gasteiger partial charge in [-0.3, -0.25) is 4.79 Å². The van der Waals surface area contributed by atoms with E-state index in [0.717, 1.165) is 50.9 Å². The Kier molecular flexibility index (Phi) is 7.52. The van der Waals surface area contributed by atoms with Crippen molar-refractivity contribution in [3.63, 3.8) is 0 Å². The summed E-state index contributed by atoms with van der Waals surface area (Å²) in [5.74, 6) is -0.304. The van der Waals surface area contributed by atoms with Crippen molar-refractivity contribution in [2.24, 2.45) is 0 Å². The number of hydrogen-bond donors (Lipinski definition) is 3. The smallest absolute Gasteiger partial charge is 0.225 e. The quantitative estimate of drug-likeness (QED) is 0.500. The predicted molar refractivity (Wildman–Crippen MR) is 113 cm³/mol. The van der Waals surface area contributed by atoms with Crippen LogP contribution in [0, 0.1) is 11.0 Å². The van der Waals surface area contributed by atoms with Crippen LogP contribution >= 0.6 is 0 Å². The van der Waals surface area contributed by atoms with Gasteiger partial charge in [0.1, 0.15) is 11.5 Å². The Morgan fingerprint density at radius 2 is 1.94 bits per heavy atom. The average Bonchev–Trinajstić information content (AvgIpc) is 3.26. The summed E-state index contributed by atoms with van der Waals surface area (Å²) in [6, 6.07) is 5.03. The molecule has 1 saturated carbocycles. The van der Waals surface area contributed by atoms with Gasteiger partial charge in [-0.2, -0.15) is 0 Å². The van der Waals surface area contributed by atoms with Crippen molar-refractivity contribution in [2.45, 2.75) is 63.6 Å². The normalized spacial score (nSPS) is 28.4. The summed E-state index contributed by atoms with van der Waals surface area (Å²) < 4.78 is 24.2. The SMILES string of the molecule is CCN(CCNC1CCC(NC(=O)CC2OCCO2)CC1)C1c2cc(F)ccc2[NH+]1[O-].